The van der Waals surface area contributed by atoms with Gasteiger partial charge in [0.2, 0.25) is 10.0 Å². The first-order chi connectivity index (χ1) is 19.5. The average molecular weight is 583 g/mol. The standard InChI is InChI=1S/C29H22F4N4O3S/c30-23-5-7-24(8-6-23)37-26-14-22-11-13-36(41(39,40)25-9-3-21(4-10-25)29(31,32)33)18-28(22,15-20(26)17-35-37)27(38)19-2-1-12-34-16-19/h1-10,12,14,16-17H,11,13,15,18H2. The number of fused-ring (bicyclic) bond motifs is 2. The lowest BCUT2D eigenvalue weighted by molar-refractivity contribution is -0.137. The summed E-state index contributed by atoms with van der Waals surface area (Å²) in [6.45, 7) is -0.186. The average Bonchev–Trinajstić information content (AvgIpc) is 3.37. The maximum absolute atomic E-state index is 14.1. The number of hydrogen-bond acceptors (Lipinski definition) is 5. The van der Waals surface area contributed by atoms with Crippen molar-refractivity contribution in [2.75, 3.05) is 13.1 Å². The number of benzene rings is 2. The van der Waals surface area contributed by atoms with Crippen LogP contribution < -0.4 is 0 Å². The molecule has 6 rings (SSSR count). The summed E-state index contributed by atoms with van der Waals surface area (Å²) in [5, 5.41) is 4.46. The molecule has 0 bridgehead atoms. The normalized spacial score (nSPS) is 19.3. The van der Waals surface area contributed by atoms with Crippen LogP contribution in [0, 0.1) is 11.2 Å². The third-order valence-corrected chi connectivity index (χ3v) is 9.49. The molecule has 1 unspecified atom stereocenters. The molecule has 7 nitrogen and oxygen atoms in total. The molecule has 1 aliphatic heterocycles. The largest absolute Gasteiger partial charge is 0.416 e. The van der Waals surface area contributed by atoms with E-state index in [1.165, 1.54) is 24.5 Å². The fourth-order valence-electron chi connectivity index (χ4n) is 5.55. The SMILES string of the molecule is O=C(c1cccnc1)C12Cc3cnn(-c4ccc(F)cc4)c3C=C1CCN(S(=O)(=O)c1ccc(C(F)(F)F)cc1)C2. The van der Waals surface area contributed by atoms with E-state index in [0.717, 1.165) is 28.6 Å². The van der Waals surface area contributed by atoms with Crippen molar-refractivity contribution in [1.82, 2.24) is 19.1 Å². The summed E-state index contributed by atoms with van der Waals surface area (Å²) in [4.78, 5) is 17.9. The first-order valence-corrected chi connectivity index (χ1v) is 14.1. The van der Waals surface area contributed by atoms with Crippen molar-refractivity contribution >= 4 is 21.9 Å². The van der Waals surface area contributed by atoms with Crippen molar-refractivity contribution in [2.24, 2.45) is 5.41 Å². The number of halogens is 4. The lowest BCUT2D eigenvalue weighted by Crippen LogP contribution is -2.53. The van der Waals surface area contributed by atoms with Crippen molar-refractivity contribution < 1.29 is 30.8 Å². The molecule has 4 aromatic rings. The number of sulfonamides is 1. The van der Waals surface area contributed by atoms with Crippen LogP contribution in [-0.2, 0) is 22.6 Å². The number of rotatable bonds is 5. The Morgan fingerprint density at radius 1 is 0.976 bits per heavy atom. The van der Waals surface area contributed by atoms with Gasteiger partial charge in [0.1, 0.15) is 5.82 Å². The third kappa shape index (κ3) is 4.66. The van der Waals surface area contributed by atoms with E-state index in [1.807, 2.05) is 6.08 Å². The molecular formula is C29H22F4N4O3S. The summed E-state index contributed by atoms with van der Waals surface area (Å²) < 4.78 is 82.8. The van der Waals surface area contributed by atoms with Crippen molar-refractivity contribution in [1.29, 1.82) is 0 Å². The number of aromatic nitrogens is 3. The fourth-order valence-corrected chi connectivity index (χ4v) is 7.05. The highest BCUT2D eigenvalue weighted by Crippen LogP contribution is 2.47. The molecule has 2 aliphatic rings. The smallest absolute Gasteiger partial charge is 0.293 e. The molecule has 2 aromatic heterocycles. The minimum atomic E-state index is -4.61. The number of hydrogen-bond donors (Lipinski definition) is 0. The second-order valence-corrected chi connectivity index (χ2v) is 12.0. The van der Waals surface area contributed by atoms with Gasteiger partial charge in [0, 0.05) is 31.0 Å². The number of ketones is 1. The number of carbonyl (C=O) groups is 1. The molecule has 1 atom stereocenters. The predicted octanol–water partition coefficient (Wildman–Crippen LogP) is 5.33. The Morgan fingerprint density at radius 2 is 1.71 bits per heavy atom. The molecule has 12 heteroatoms. The number of pyridine rings is 1. The van der Waals surface area contributed by atoms with Gasteiger partial charge in [-0.2, -0.15) is 22.6 Å². The summed E-state index contributed by atoms with van der Waals surface area (Å²) in [5.74, 6) is -0.708. The Hall–Kier alpha value is -4.16. The van der Waals surface area contributed by atoms with Gasteiger partial charge < -0.3 is 0 Å². The summed E-state index contributed by atoms with van der Waals surface area (Å²) in [6, 6.07) is 12.4. The van der Waals surface area contributed by atoms with E-state index in [9.17, 15) is 30.8 Å². The highest BCUT2D eigenvalue weighted by Gasteiger charge is 2.51. The zero-order valence-corrected chi connectivity index (χ0v) is 22.2. The number of nitrogens with zero attached hydrogens (tertiary/aromatic N) is 4. The molecule has 3 heterocycles. The molecule has 210 valence electrons. The van der Waals surface area contributed by atoms with E-state index in [1.54, 1.807) is 35.1 Å². The van der Waals surface area contributed by atoms with Crippen LogP contribution >= 0.6 is 0 Å². The molecular weight excluding hydrogens is 560 g/mol. The van der Waals surface area contributed by atoms with Crippen LogP contribution in [0.25, 0.3) is 11.8 Å². The van der Waals surface area contributed by atoms with Crippen LogP contribution in [0.2, 0.25) is 0 Å². The minimum absolute atomic E-state index is 0.0251. The van der Waals surface area contributed by atoms with Gasteiger partial charge >= 0.3 is 6.18 Å². The van der Waals surface area contributed by atoms with Crippen molar-refractivity contribution in [2.45, 2.75) is 23.9 Å². The van der Waals surface area contributed by atoms with E-state index in [4.69, 9.17) is 0 Å². The Balaban J connectivity index is 1.41. The number of piperidine rings is 1. The third-order valence-electron chi connectivity index (χ3n) is 7.63. The summed E-state index contributed by atoms with van der Waals surface area (Å²) in [6.07, 6.45) is 2.14. The van der Waals surface area contributed by atoms with Crippen LogP contribution in [0.15, 0.2) is 89.7 Å². The van der Waals surface area contributed by atoms with Crippen LogP contribution in [0.4, 0.5) is 17.6 Å². The Labute approximate surface area is 232 Å². The van der Waals surface area contributed by atoms with Crippen LogP contribution in [0.5, 0.6) is 0 Å². The summed E-state index contributed by atoms with van der Waals surface area (Å²) in [5.41, 5.74) is 0.802. The molecule has 0 amide bonds. The number of carbonyl (C=O) groups excluding carboxylic acids is 1. The summed E-state index contributed by atoms with van der Waals surface area (Å²) >= 11 is 0. The van der Waals surface area contributed by atoms with Crippen LogP contribution in [0.3, 0.4) is 0 Å². The Kier molecular flexibility index (Phi) is 6.42. The molecule has 0 saturated carbocycles. The van der Waals surface area contributed by atoms with E-state index in [0.29, 0.717) is 28.1 Å². The molecule has 2 aromatic carbocycles. The fraction of sp³-hybridized carbons (Fsp3) is 0.207. The molecule has 0 N–H and O–H groups in total. The highest BCUT2D eigenvalue weighted by atomic mass is 32.2. The van der Waals surface area contributed by atoms with Gasteiger partial charge in [-0.1, -0.05) is 5.57 Å². The lowest BCUT2D eigenvalue weighted by atomic mass is 9.65. The topological polar surface area (TPSA) is 85.2 Å². The number of Topliss-reactive ketones (excluding diaryl/α,β-unsaturated/α-hetero) is 1. The van der Waals surface area contributed by atoms with Gasteiger partial charge in [0.15, 0.2) is 5.78 Å². The zero-order chi connectivity index (χ0) is 29.0. The van der Waals surface area contributed by atoms with Gasteiger partial charge in [0.05, 0.1) is 33.5 Å². The van der Waals surface area contributed by atoms with Gasteiger partial charge in [-0.15, -0.1) is 0 Å². The number of alkyl halides is 3. The van der Waals surface area contributed by atoms with Crippen molar-refractivity contribution in [3.63, 3.8) is 0 Å². The molecule has 1 saturated heterocycles. The van der Waals surface area contributed by atoms with E-state index in [2.05, 4.69) is 10.1 Å². The maximum Gasteiger partial charge on any atom is 0.416 e. The predicted molar refractivity (Wildman–Crippen MR) is 141 cm³/mol. The van der Waals surface area contributed by atoms with E-state index in [-0.39, 0.29) is 36.6 Å². The zero-order valence-electron chi connectivity index (χ0n) is 21.3. The lowest BCUT2D eigenvalue weighted by Gasteiger charge is -2.45. The minimum Gasteiger partial charge on any atom is -0.293 e. The Morgan fingerprint density at radius 3 is 2.37 bits per heavy atom. The molecule has 1 aliphatic carbocycles. The maximum atomic E-state index is 14.1. The second kappa shape index (κ2) is 9.74. The van der Waals surface area contributed by atoms with Gasteiger partial charge in [-0.05, 0) is 85.1 Å². The van der Waals surface area contributed by atoms with Crippen LogP contribution in [-0.4, -0.2) is 46.4 Å². The van der Waals surface area contributed by atoms with E-state index >= 15 is 0 Å². The quantitative estimate of drug-likeness (QED) is 0.235. The van der Waals surface area contributed by atoms with Gasteiger partial charge in [-0.25, -0.2) is 17.5 Å². The van der Waals surface area contributed by atoms with E-state index < -0.39 is 33.0 Å². The molecule has 0 radical (unpaired) electrons. The van der Waals surface area contributed by atoms with Crippen molar-refractivity contribution in [3.8, 4) is 5.69 Å². The second-order valence-electron chi connectivity index (χ2n) is 10.1. The first-order valence-electron chi connectivity index (χ1n) is 12.7. The molecule has 0 spiro atoms. The Bertz CT molecular complexity index is 1770. The van der Waals surface area contributed by atoms with Gasteiger partial charge in [0.25, 0.3) is 0 Å². The summed E-state index contributed by atoms with van der Waals surface area (Å²) in [7, 11) is -4.23. The molecule has 1 fully saturated rings. The van der Waals surface area contributed by atoms with Crippen molar-refractivity contribution in [3.05, 3.63) is 113 Å². The van der Waals surface area contributed by atoms with Gasteiger partial charge in [-0.3, -0.25) is 9.78 Å². The first kappa shape index (κ1) is 27.0. The highest BCUT2D eigenvalue weighted by molar-refractivity contribution is 7.89. The molecule has 41 heavy (non-hydrogen) atoms. The van der Waals surface area contributed by atoms with Crippen LogP contribution in [0.1, 0.15) is 33.6 Å². The monoisotopic (exact) mass is 582 g/mol.